The fourth-order valence-electron chi connectivity index (χ4n) is 4.61. The van der Waals surface area contributed by atoms with E-state index in [2.05, 4.69) is 34.5 Å². The smallest absolute Gasteiger partial charge is 0.264 e. The number of carbonyl (C=O) groups excluding carboxylic acids is 2. The van der Waals surface area contributed by atoms with Crippen LogP contribution in [-0.2, 0) is 11.3 Å². The number of rotatable bonds is 5. The standard InChI is InChI=1S/C29H28FN3O2S/c1-32-25-17-22(11-12-26(25)36-27(29(32)35)18-21-9-5-6-10-24(21)30)28(34)31-23-13-15-33(16-14-23)19-20-7-3-2-4-8-20/h2-12,17-18,23H,13-16,19H2,1H3,(H,31,34). The highest BCUT2D eigenvalue weighted by molar-refractivity contribution is 8.04. The fraction of sp³-hybridized carbons (Fsp3) is 0.241. The summed E-state index contributed by atoms with van der Waals surface area (Å²) in [6, 6.07) is 22.3. The van der Waals surface area contributed by atoms with Crippen molar-refractivity contribution in [1.29, 1.82) is 0 Å². The number of nitrogens with one attached hydrogen (secondary N) is 1. The van der Waals surface area contributed by atoms with Crippen LogP contribution in [0.15, 0.2) is 82.6 Å². The van der Waals surface area contributed by atoms with Gasteiger partial charge in [-0.2, -0.15) is 0 Å². The number of piperidine rings is 1. The van der Waals surface area contributed by atoms with Crippen molar-refractivity contribution in [1.82, 2.24) is 10.2 Å². The van der Waals surface area contributed by atoms with Gasteiger partial charge in [0.1, 0.15) is 5.82 Å². The van der Waals surface area contributed by atoms with Crippen LogP contribution in [0.25, 0.3) is 6.08 Å². The van der Waals surface area contributed by atoms with Gasteiger partial charge in [-0.25, -0.2) is 4.39 Å². The van der Waals surface area contributed by atoms with Gasteiger partial charge >= 0.3 is 0 Å². The molecule has 1 N–H and O–H groups in total. The van der Waals surface area contributed by atoms with Gasteiger partial charge in [-0.1, -0.05) is 60.3 Å². The predicted molar refractivity (Wildman–Crippen MR) is 142 cm³/mol. The lowest BCUT2D eigenvalue weighted by atomic mass is 10.0. The molecule has 3 aromatic rings. The first kappa shape index (κ1) is 24.3. The Morgan fingerprint density at radius 1 is 1.06 bits per heavy atom. The first-order chi connectivity index (χ1) is 17.5. The molecule has 184 valence electrons. The van der Waals surface area contributed by atoms with E-state index >= 15 is 0 Å². The van der Waals surface area contributed by atoms with Crippen LogP contribution in [0.5, 0.6) is 0 Å². The SMILES string of the molecule is CN1C(=O)C(=Cc2ccccc2F)Sc2ccc(C(=O)NC3CCN(Cc4ccccc4)CC3)cc21. The summed E-state index contributed by atoms with van der Waals surface area (Å²) in [6.07, 6.45) is 3.39. The second-order valence-corrected chi connectivity index (χ2v) is 10.3. The van der Waals surface area contributed by atoms with Crippen LogP contribution in [-0.4, -0.2) is 42.9 Å². The highest BCUT2D eigenvalue weighted by Gasteiger charge is 2.28. The number of hydrogen-bond donors (Lipinski definition) is 1. The summed E-state index contributed by atoms with van der Waals surface area (Å²) in [4.78, 5) is 31.2. The number of anilines is 1. The molecule has 1 saturated heterocycles. The van der Waals surface area contributed by atoms with Crippen molar-refractivity contribution in [3.8, 4) is 0 Å². The second-order valence-electron chi connectivity index (χ2n) is 9.19. The van der Waals surface area contributed by atoms with Gasteiger partial charge in [0.25, 0.3) is 11.8 Å². The number of likely N-dealkylation sites (tertiary alicyclic amines) is 1. The second kappa shape index (κ2) is 10.7. The normalized spacial score (nSPS) is 17.8. The molecule has 36 heavy (non-hydrogen) atoms. The quantitative estimate of drug-likeness (QED) is 0.480. The molecule has 0 aromatic heterocycles. The molecule has 0 aliphatic carbocycles. The van der Waals surface area contributed by atoms with Crippen molar-refractivity contribution in [2.24, 2.45) is 0 Å². The van der Waals surface area contributed by atoms with Gasteiger partial charge < -0.3 is 10.2 Å². The number of likely N-dealkylation sites (N-methyl/N-ethyl adjacent to an activating group) is 1. The molecule has 0 saturated carbocycles. The van der Waals surface area contributed by atoms with E-state index in [1.165, 1.54) is 28.3 Å². The zero-order chi connectivity index (χ0) is 25.1. The van der Waals surface area contributed by atoms with Crippen LogP contribution in [0.4, 0.5) is 10.1 Å². The molecule has 3 aromatic carbocycles. The summed E-state index contributed by atoms with van der Waals surface area (Å²) in [6.45, 7) is 2.81. The first-order valence-electron chi connectivity index (χ1n) is 12.1. The monoisotopic (exact) mass is 501 g/mol. The van der Waals surface area contributed by atoms with Crippen molar-refractivity contribution in [2.45, 2.75) is 30.3 Å². The summed E-state index contributed by atoms with van der Waals surface area (Å²) < 4.78 is 14.1. The van der Waals surface area contributed by atoms with Crippen molar-refractivity contribution in [2.75, 3.05) is 25.0 Å². The molecule has 0 unspecified atom stereocenters. The Bertz CT molecular complexity index is 1300. The molecule has 2 amide bonds. The lowest BCUT2D eigenvalue weighted by Crippen LogP contribution is -2.44. The molecular formula is C29H28FN3O2S. The van der Waals surface area contributed by atoms with Gasteiger partial charge in [0.2, 0.25) is 0 Å². The summed E-state index contributed by atoms with van der Waals surface area (Å²) in [5.41, 5.74) is 2.89. The first-order valence-corrected chi connectivity index (χ1v) is 12.9. The van der Waals surface area contributed by atoms with Crippen LogP contribution in [0, 0.1) is 5.82 Å². The Balaban J connectivity index is 1.23. The van der Waals surface area contributed by atoms with Gasteiger partial charge in [0.05, 0.1) is 10.6 Å². The number of thioether (sulfide) groups is 1. The van der Waals surface area contributed by atoms with Gasteiger partial charge in [-0.15, -0.1) is 0 Å². The molecule has 1 fully saturated rings. The predicted octanol–water partition coefficient (Wildman–Crippen LogP) is 5.33. The highest BCUT2D eigenvalue weighted by Crippen LogP contribution is 2.42. The van der Waals surface area contributed by atoms with E-state index in [4.69, 9.17) is 0 Å². The van der Waals surface area contributed by atoms with Crippen molar-refractivity contribution < 1.29 is 14.0 Å². The van der Waals surface area contributed by atoms with E-state index in [0.717, 1.165) is 37.4 Å². The third-order valence-corrected chi connectivity index (χ3v) is 7.76. The fourth-order valence-corrected chi connectivity index (χ4v) is 5.70. The molecule has 2 aliphatic rings. The van der Waals surface area contributed by atoms with Gasteiger partial charge in [-0.05, 0) is 48.7 Å². The Morgan fingerprint density at radius 3 is 2.53 bits per heavy atom. The molecule has 0 radical (unpaired) electrons. The van der Waals surface area contributed by atoms with Gasteiger partial charge in [0, 0.05) is 48.7 Å². The van der Waals surface area contributed by atoms with E-state index in [1.807, 2.05) is 12.1 Å². The largest absolute Gasteiger partial charge is 0.349 e. The zero-order valence-corrected chi connectivity index (χ0v) is 20.9. The maximum Gasteiger partial charge on any atom is 0.264 e. The van der Waals surface area contributed by atoms with Crippen LogP contribution in [0.2, 0.25) is 0 Å². The Kier molecular flexibility index (Phi) is 7.20. The lowest BCUT2D eigenvalue weighted by Gasteiger charge is -2.32. The van der Waals surface area contributed by atoms with Crippen LogP contribution >= 0.6 is 11.8 Å². The maximum atomic E-state index is 14.1. The number of amides is 2. The number of hydrogen-bond acceptors (Lipinski definition) is 4. The molecule has 5 rings (SSSR count). The Hall–Kier alpha value is -3.42. The van der Waals surface area contributed by atoms with E-state index in [-0.39, 0.29) is 23.7 Å². The molecular weight excluding hydrogens is 473 g/mol. The van der Waals surface area contributed by atoms with Gasteiger partial charge in [-0.3, -0.25) is 14.5 Å². The summed E-state index contributed by atoms with van der Waals surface area (Å²) in [5, 5.41) is 3.17. The number of nitrogens with zero attached hydrogens (tertiary/aromatic N) is 2. The highest BCUT2D eigenvalue weighted by atomic mass is 32.2. The third kappa shape index (κ3) is 5.37. The summed E-state index contributed by atoms with van der Waals surface area (Å²) >= 11 is 1.30. The Labute approximate surface area is 215 Å². The molecule has 5 nitrogen and oxygen atoms in total. The minimum atomic E-state index is -0.371. The van der Waals surface area contributed by atoms with Crippen LogP contribution < -0.4 is 10.2 Å². The number of fused-ring (bicyclic) bond motifs is 1. The van der Waals surface area contributed by atoms with E-state index in [9.17, 15) is 14.0 Å². The number of halogens is 1. The van der Waals surface area contributed by atoms with Crippen LogP contribution in [0.1, 0.15) is 34.3 Å². The van der Waals surface area contributed by atoms with Crippen molar-refractivity contribution >= 4 is 35.3 Å². The number of carbonyl (C=O) groups is 2. The van der Waals surface area contributed by atoms with E-state index in [1.54, 1.807) is 43.5 Å². The minimum Gasteiger partial charge on any atom is -0.349 e. The topological polar surface area (TPSA) is 52.7 Å². The molecule has 7 heteroatoms. The molecule has 0 atom stereocenters. The zero-order valence-electron chi connectivity index (χ0n) is 20.1. The molecule has 0 bridgehead atoms. The molecule has 0 spiro atoms. The van der Waals surface area contributed by atoms with E-state index < -0.39 is 0 Å². The average molecular weight is 502 g/mol. The van der Waals surface area contributed by atoms with Crippen molar-refractivity contribution in [3.05, 3.63) is 100 Å². The average Bonchev–Trinajstić information content (AvgIpc) is 2.90. The lowest BCUT2D eigenvalue weighted by molar-refractivity contribution is -0.114. The summed E-state index contributed by atoms with van der Waals surface area (Å²) in [7, 11) is 1.68. The summed E-state index contributed by atoms with van der Waals surface area (Å²) in [5.74, 6) is -0.721. The third-order valence-electron chi connectivity index (χ3n) is 6.68. The molecule has 2 heterocycles. The van der Waals surface area contributed by atoms with Crippen molar-refractivity contribution in [3.63, 3.8) is 0 Å². The minimum absolute atomic E-state index is 0.127. The Morgan fingerprint density at radius 2 is 1.78 bits per heavy atom. The van der Waals surface area contributed by atoms with Gasteiger partial charge in [0.15, 0.2) is 0 Å². The molecule has 2 aliphatic heterocycles. The van der Waals surface area contributed by atoms with Crippen LogP contribution in [0.3, 0.4) is 0 Å². The van der Waals surface area contributed by atoms with E-state index in [0.29, 0.717) is 21.7 Å². The number of benzene rings is 3. The maximum absolute atomic E-state index is 14.1.